The Bertz CT molecular complexity index is 1080. The Morgan fingerprint density at radius 2 is 1.23 bits per heavy atom. The summed E-state index contributed by atoms with van der Waals surface area (Å²) in [7, 11) is -4.69. The summed E-state index contributed by atoms with van der Waals surface area (Å²) in [5, 5.41) is 2.95. The fourth-order valence-electron chi connectivity index (χ4n) is 5.57. The van der Waals surface area contributed by atoms with Crippen molar-refractivity contribution in [3.63, 3.8) is 0 Å². The number of benzene rings is 2. The summed E-state index contributed by atoms with van der Waals surface area (Å²) in [6.07, 6.45) is 25.9. The number of hydrogen-bond donors (Lipinski definition) is 4. The van der Waals surface area contributed by atoms with E-state index in [0.29, 0.717) is 19.4 Å². The number of amides is 1. The van der Waals surface area contributed by atoms with E-state index in [1.807, 2.05) is 24.3 Å². The van der Waals surface area contributed by atoms with Crippen molar-refractivity contribution >= 4 is 14.1 Å². The predicted molar refractivity (Wildman–Crippen MR) is 196 cm³/mol. The Hall–Kier alpha value is -2.28. The van der Waals surface area contributed by atoms with Gasteiger partial charge in [0.25, 0.3) is 0 Å². The summed E-state index contributed by atoms with van der Waals surface area (Å²) < 4.78 is 10.9. The van der Waals surface area contributed by atoms with E-state index < -0.39 is 14.2 Å². The molecule has 4 N–H and O–H groups in total. The molecule has 0 aromatic heterocycles. The van der Waals surface area contributed by atoms with E-state index in [1.165, 1.54) is 82.6 Å². The number of ether oxygens (including phenoxy) is 1. The number of hydrogen-bond acceptors (Lipinski definition) is 6. The number of aryl methyl sites for hydroxylation is 1. The van der Waals surface area contributed by atoms with Crippen LogP contribution >= 0.6 is 8.17 Å². The third-order valence-corrected chi connectivity index (χ3v) is 8.97. The van der Waals surface area contributed by atoms with Crippen molar-refractivity contribution in [2.24, 2.45) is 0 Å². The normalized spacial score (nSPS) is 12.8. The first-order valence-electron chi connectivity index (χ1n) is 18.3. The topological polar surface area (TPSA) is 108 Å². The number of unbranched alkanes of at least 4 members (excludes halogenated alkanes) is 13. The second-order valence-electron chi connectivity index (χ2n) is 12.9. The van der Waals surface area contributed by atoms with Gasteiger partial charge in [0.15, 0.2) is 0 Å². The van der Waals surface area contributed by atoms with E-state index in [1.54, 1.807) is 0 Å². The molecule has 8 heteroatoms. The molecule has 1 atom stereocenters. The van der Waals surface area contributed by atoms with Crippen LogP contribution in [0.15, 0.2) is 60.7 Å². The van der Waals surface area contributed by atoms with E-state index in [-0.39, 0.29) is 12.5 Å². The van der Waals surface area contributed by atoms with Crippen LogP contribution in [0.25, 0.3) is 0 Å². The first kappa shape index (κ1) is 40.9. The van der Waals surface area contributed by atoms with Crippen molar-refractivity contribution in [2.45, 2.75) is 148 Å². The van der Waals surface area contributed by atoms with Crippen molar-refractivity contribution in [3.8, 4) is 5.75 Å². The van der Waals surface area contributed by atoms with Crippen LogP contribution in [0, 0.1) is 0 Å². The maximum absolute atomic E-state index is 12.7. The molecule has 2 aromatic rings. The fraction of sp³-hybridized carbons (Fsp3) is 0.615. The van der Waals surface area contributed by atoms with Crippen LogP contribution in [0.3, 0.4) is 0 Å². The number of allylic oxidation sites excluding steroid dienone is 2. The van der Waals surface area contributed by atoms with Gasteiger partial charge in [-0.3, -0.25) is 0 Å². The zero-order chi connectivity index (χ0) is 34.0. The molecule has 0 unspecified atom stereocenters. The van der Waals surface area contributed by atoms with Crippen LogP contribution < -0.4 is 10.1 Å². The van der Waals surface area contributed by atoms with Crippen LogP contribution in [-0.2, 0) is 28.8 Å². The summed E-state index contributed by atoms with van der Waals surface area (Å²) in [6.45, 7) is 4.76. The molecule has 47 heavy (non-hydrogen) atoms. The first-order valence-corrected chi connectivity index (χ1v) is 20.1. The molecule has 0 fully saturated rings. The van der Waals surface area contributed by atoms with Gasteiger partial charge in [-0.05, 0) is 31.2 Å². The minimum atomic E-state index is -4.69. The maximum atomic E-state index is 12.7. The molecule has 7 nitrogen and oxygen atoms in total. The molecule has 0 aliphatic heterocycles. The van der Waals surface area contributed by atoms with E-state index in [9.17, 15) is 19.5 Å². The monoisotopic (exact) mass is 673 g/mol. The van der Waals surface area contributed by atoms with Crippen molar-refractivity contribution < 1.29 is 28.7 Å². The van der Waals surface area contributed by atoms with Gasteiger partial charge in [0.2, 0.25) is 0 Å². The molecule has 0 spiro atoms. The molecule has 0 radical (unpaired) electrons. The summed E-state index contributed by atoms with van der Waals surface area (Å²) >= 11 is 0. The summed E-state index contributed by atoms with van der Waals surface area (Å²) in [4.78, 5) is 40.8. The van der Waals surface area contributed by atoms with Gasteiger partial charge >= 0.3 is 172 Å². The number of carbonyl (C=O) groups excluding carboxylic acids is 1. The molecule has 2 rings (SSSR count). The second-order valence-corrected chi connectivity index (χ2v) is 14.3. The molecule has 0 saturated carbocycles. The summed E-state index contributed by atoms with van der Waals surface area (Å²) in [5.41, 5.74) is 3.40. The average Bonchev–Trinajstić information content (AvgIpc) is 3.05. The zero-order valence-electron chi connectivity index (χ0n) is 29.3. The second kappa shape index (κ2) is 25.7. The Morgan fingerprint density at radius 3 is 1.85 bits per heavy atom. The summed E-state index contributed by atoms with van der Waals surface area (Å²) in [6, 6.07) is 15.7. The molecule has 0 heterocycles. The molecular formula is C39H64NO6P. The van der Waals surface area contributed by atoms with Gasteiger partial charge < -0.3 is 0 Å². The van der Waals surface area contributed by atoms with E-state index >= 15 is 0 Å². The van der Waals surface area contributed by atoms with Crippen molar-refractivity contribution in [1.82, 2.24) is 5.32 Å². The standard InChI is InChI=1S/C39H64NO6P/c1-3-5-7-8-9-10-11-12-13-14-15-16-17-18-20-22-39(41)40-37(33-46-47(42,43)44)31-35-27-29-38(30-28-35)45-32-36-25-23-34(24-26-36)21-19-6-4-2/h12-13,23-30,37,42-44,47H,3-11,14-22,31-33H2,1-2H3,(H,40,41)/b13-12-/t37-/m0/s1. The molecule has 0 bridgehead atoms. The van der Waals surface area contributed by atoms with Gasteiger partial charge in [-0.15, -0.1) is 0 Å². The van der Waals surface area contributed by atoms with E-state index in [2.05, 4.69) is 55.6 Å². The van der Waals surface area contributed by atoms with E-state index in [4.69, 9.17) is 9.26 Å². The van der Waals surface area contributed by atoms with E-state index in [0.717, 1.165) is 49.0 Å². The molecular weight excluding hydrogens is 609 g/mol. The van der Waals surface area contributed by atoms with Gasteiger partial charge in [-0.25, -0.2) is 0 Å². The third-order valence-electron chi connectivity index (χ3n) is 8.41. The molecule has 0 saturated heterocycles. The first-order chi connectivity index (χ1) is 22.8. The Labute approximate surface area is 285 Å². The van der Waals surface area contributed by atoms with Gasteiger partial charge in [0, 0.05) is 0 Å². The van der Waals surface area contributed by atoms with Crippen molar-refractivity contribution in [3.05, 3.63) is 77.4 Å². The van der Waals surface area contributed by atoms with Crippen molar-refractivity contribution in [2.75, 3.05) is 6.61 Å². The number of nitrogens with one attached hydrogen (secondary N) is 1. The van der Waals surface area contributed by atoms with Crippen LogP contribution in [-0.4, -0.2) is 33.2 Å². The van der Waals surface area contributed by atoms with Crippen LogP contribution in [0.5, 0.6) is 5.75 Å². The molecule has 266 valence electrons. The Morgan fingerprint density at radius 1 is 0.702 bits per heavy atom. The van der Waals surface area contributed by atoms with Gasteiger partial charge in [-0.1, -0.05) is 83.1 Å². The Balaban J connectivity index is 1.67. The molecule has 1 amide bonds. The van der Waals surface area contributed by atoms with Crippen LogP contribution in [0.2, 0.25) is 0 Å². The van der Waals surface area contributed by atoms with Gasteiger partial charge in [-0.2, -0.15) is 0 Å². The average molecular weight is 674 g/mol. The van der Waals surface area contributed by atoms with Gasteiger partial charge in [0.05, 0.1) is 0 Å². The number of rotatable bonds is 28. The predicted octanol–water partition coefficient (Wildman–Crippen LogP) is 9.47. The summed E-state index contributed by atoms with van der Waals surface area (Å²) in [5.74, 6) is 0.642. The zero-order valence-corrected chi connectivity index (χ0v) is 30.3. The van der Waals surface area contributed by atoms with Crippen LogP contribution in [0.4, 0.5) is 0 Å². The molecule has 0 aliphatic rings. The SMILES string of the molecule is CCCCCCCC/C=C\CCCCCCCC(=O)N[C@H](CO[PH](O)(O)O)Cc1ccc(OCc2ccc(CCCCC)cc2)cc1. The molecule has 0 aliphatic carbocycles. The van der Waals surface area contributed by atoms with Crippen LogP contribution in [0.1, 0.15) is 140 Å². The quantitative estimate of drug-likeness (QED) is 0.0407. The van der Waals surface area contributed by atoms with Gasteiger partial charge in [0.1, 0.15) is 0 Å². The van der Waals surface area contributed by atoms with Crippen molar-refractivity contribution in [1.29, 1.82) is 0 Å². The third kappa shape index (κ3) is 22.1. The fourth-order valence-corrected chi connectivity index (χ4v) is 6.00. The minimum absolute atomic E-state index is 0.103. The molecule has 2 aromatic carbocycles. The number of carbonyl (C=O) groups is 1. The Kier molecular flexibility index (Phi) is 22.4.